The number of nitrogens with one attached hydrogen (secondary N) is 1. The summed E-state index contributed by atoms with van der Waals surface area (Å²) in [7, 11) is 0. The summed E-state index contributed by atoms with van der Waals surface area (Å²) >= 11 is 0. The molecule has 2 aromatic rings. The van der Waals surface area contributed by atoms with Gasteiger partial charge in [0, 0.05) is 24.5 Å². The van der Waals surface area contributed by atoms with Crippen molar-refractivity contribution < 1.29 is 9.90 Å². The summed E-state index contributed by atoms with van der Waals surface area (Å²) < 4.78 is 1.76. The van der Waals surface area contributed by atoms with Crippen LogP contribution in [0.2, 0.25) is 0 Å². The first kappa shape index (κ1) is 11.4. The first-order valence-corrected chi connectivity index (χ1v) is 5.66. The Morgan fingerprint density at radius 2 is 2.41 bits per heavy atom. The Labute approximate surface area is 99.1 Å². The largest absolute Gasteiger partial charge is 0.476 e. The molecule has 0 aliphatic heterocycles. The third-order valence-corrected chi connectivity index (χ3v) is 2.62. The first-order chi connectivity index (χ1) is 8.22. The fourth-order valence-electron chi connectivity index (χ4n) is 1.72. The van der Waals surface area contributed by atoms with Crippen LogP contribution in [0.5, 0.6) is 0 Å². The number of hydrogen-bond donors (Lipinski definition) is 2. The van der Waals surface area contributed by atoms with Crippen molar-refractivity contribution in [2.24, 2.45) is 0 Å². The number of H-pyrrole nitrogens is 1. The number of aromatic carboxylic acids is 1. The van der Waals surface area contributed by atoms with Gasteiger partial charge in [0.05, 0.1) is 5.69 Å². The summed E-state index contributed by atoms with van der Waals surface area (Å²) in [4.78, 5) is 13.9. The van der Waals surface area contributed by atoms with E-state index < -0.39 is 5.97 Å². The highest BCUT2D eigenvalue weighted by molar-refractivity contribution is 5.86. The molecule has 2 rings (SSSR count). The Balaban J connectivity index is 2.37. The average Bonchev–Trinajstić information content (AvgIpc) is 2.94. The van der Waals surface area contributed by atoms with Crippen LogP contribution in [-0.2, 0) is 6.54 Å². The predicted molar refractivity (Wildman–Crippen MR) is 63.9 cm³/mol. The minimum Gasteiger partial charge on any atom is -0.476 e. The third-order valence-electron chi connectivity index (χ3n) is 2.62. The topological polar surface area (TPSA) is 70.9 Å². The maximum Gasteiger partial charge on any atom is 0.356 e. The molecule has 2 heterocycles. The first-order valence-electron chi connectivity index (χ1n) is 5.66. The number of aryl methyl sites for hydroxylation is 1. The Bertz CT molecular complexity index is 500. The smallest absolute Gasteiger partial charge is 0.356 e. The molecule has 0 radical (unpaired) electrons. The molecule has 17 heavy (non-hydrogen) atoms. The molecular formula is C12H15N3O2. The summed E-state index contributed by atoms with van der Waals surface area (Å²) in [5.74, 6) is -0.989. The number of unbranched alkanes of at least 4 members (excludes halogenated alkanes) is 1. The van der Waals surface area contributed by atoms with E-state index in [9.17, 15) is 4.79 Å². The second kappa shape index (κ2) is 4.86. The standard InChI is InChI=1S/C12H15N3O2/c1-2-3-6-15-11(9-4-5-13-8-9)7-10(14-15)12(16)17/h4-5,7-8,13H,2-3,6H2,1H3,(H,16,17). The van der Waals surface area contributed by atoms with Gasteiger partial charge in [0.25, 0.3) is 0 Å². The van der Waals surface area contributed by atoms with Crippen molar-refractivity contribution in [2.75, 3.05) is 0 Å². The number of aromatic amines is 1. The van der Waals surface area contributed by atoms with Gasteiger partial charge in [0.15, 0.2) is 5.69 Å². The second-order valence-electron chi connectivity index (χ2n) is 3.90. The summed E-state index contributed by atoms with van der Waals surface area (Å²) in [6, 6.07) is 3.52. The molecule has 2 aromatic heterocycles. The van der Waals surface area contributed by atoms with Crippen molar-refractivity contribution in [2.45, 2.75) is 26.3 Å². The highest BCUT2D eigenvalue weighted by Crippen LogP contribution is 2.20. The van der Waals surface area contributed by atoms with Crippen LogP contribution < -0.4 is 0 Å². The lowest BCUT2D eigenvalue weighted by Gasteiger charge is -2.04. The highest BCUT2D eigenvalue weighted by atomic mass is 16.4. The van der Waals surface area contributed by atoms with Crippen molar-refractivity contribution in [3.63, 3.8) is 0 Å². The number of carbonyl (C=O) groups is 1. The molecule has 0 saturated heterocycles. The molecule has 0 saturated carbocycles. The van der Waals surface area contributed by atoms with E-state index in [0.29, 0.717) is 0 Å². The lowest BCUT2D eigenvalue weighted by molar-refractivity contribution is 0.0689. The van der Waals surface area contributed by atoms with Crippen LogP contribution >= 0.6 is 0 Å². The van der Waals surface area contributed by atoms with Gasteiger partial charge in [-0.1, -0.05) is 13.3 Å². The van der Waals surface area contributed by atoms with Crippen LogP contribution in [-0.4, -0.2) is 25.8 Å². The molecule has 0 aromatic carbocycles. The monoisotopic (exact) mass is 233 g/mol. The molecule has 0 atom stereocenters. The molecule has 90 valence electrons. The van der Waals surface area contributed by atoms with Crippen molar-refractivity contribution in [3.05, 3.63) is 30.2 Å². The Morgan fingerprint density at radius 3 is 3.00 bits per heavy atom. The lowest BCUT2D eigenvalue weighted by atomic mass is 10.2. The molecular weight excluding hydrogens is 218 g/mol. The van der Waals surface area contributed by atoms with Gasteiger partial charge in [-0.05, 0) is 18.6 Å². The molecule has 2 N–H and O–H groups in total. The van der Waals surface area contributed by atoms with Crippen molar-refractivity contribution >= 4 is 5.97 Å². The zero-order valence-corrected chi connectivity index (χ0v) is 9.68. The Kier molecular flexibility index (Phi) is 3.27. The third kappa shape index (κ3) is 2.38. The summed E-state index contributed by atoms with van der Waals surface area (Å²) in [5.41, 5.74) is 1.90. The maximum atomic E-state index is 10.9. The van der Waals surface area contributed by atoms with Crippen LogP contribution in [0.25, 0.3) is 11.3 Å². The lowest BCUT2D eigenvalue weighted by Crippen LogP contribution is -2.04. The van der Waals surface area contributed by atoms with E-state index >= 15 is 0 Å². The zero-order valence-electron chi connectivity index (χ0n) is 9.68. The molecule has 0 amide bonds. The SMILES string of the molecule is CCCCn1nc(C(=O)O)cc1-c1cc[nH]c1. The van der Waals surface area contributed by atoms with E-state index in [2.05, 4.69) is 17.0 Å². The van der Waals surface area contributed by atoms with Gasteiger partial charge < -0.3 is 10.1 Å². The Hall–Kier alpha value is -2.04. The number of carboxylic acid groups (broad SMARTS) is 1. The fourth-order valence-corrected chi connectivity index (χ4v) is 1.72. The number of nitrogens with zero attached hydrogens (tertiary/aromatic N) is 2. The van der Waals surface area contributed by atoms with E-state index in [0.717, 1.165) is 30.6 Å². The van der Waals surface area contributed by atoms with Gasteiger partial charge in [-0.3, -0.25) is 4.68 Å². The highest BCUT2D eigenvalue weighted by Gasteiger charge is 2.14. The van der Waals surface area contributed by atoms with E-state index in [1.165, 1.54) is 0 Å². The van der Waals surface area contributed by atoms with Gasteiger partial charge in [0.1, 0.15) is 0 Å². The molecule has 0 unspecified atom stereocenters. The molecule has 0 fully saturated rings. The van der Waals surface area contributed by atoms with Crippen LogP contribution in [0, 0.1) is 0 Å². The van der Waals surface area contributed by atoms with E-state index in [4.69, 9.17) is 5.11 Å². The minimum atomic E-state index is -0.989. The van der Waals surface area contributed by atoms with Crippen LogP contribution in [0.3, 0.4) is 0 Å². The van der Waals surface area contributed by atoms with Crippen LogP contribution in [0.4, 0.5) is 0 Å². The second-order valence-corrected chi connectivity index (χ2v) is 3.90. The van der Waals surface area contributed by atoms with Gasteiger partial charge >= 0.3 is 5.97 Å². The van der Waals surface area contributed by atoms with E-state index in [-0.39, 0.29) is 5.69 Å². The molecule has 5 heteroatoms. The summed E-state index contributed by atoms with van der Waals surface area (Å²) in [6.45, 7) is 2.84. The Morgan fingerprint density at radius 1 is 1.59 bits per heavy atom. The molecule has 0 spiro atoms. The number of rotatable bonds is 5. The number of aromatic nitrogens is 3. The average molecular weight is 233 g/mol. The predicted octanol–water partition coefficient (Wildman–Crippen LogP) is 2.38. The summed E-state index contributed by atoms with van der Waals surface area (Å²) in [5, 5.41) is 13.1. The quantitative estimate of drug-likeness (QED) is 0.832. The fraction of sp³-hybridized carbons (Fsp3) is 0.333. The number of carboxylic acids is 1. The molecule has 0 bridgehead atoms. The number of hydrogen-bond acceptors (Lipinski definition) is 2. The molecule has 0 aliphatic carbocycles. The summed E-state index contributed by atoms with van der Waals surface area (Å²) in [6.07, 6.45) is 5.69. The van der Waals surface area contributed by atoms with Gasteiger partial charge in [-0.25, -0.2) is 4.79 Å². The minimum absolute atomic E-state index is 0.0947. The van der Waals surface area contributed by atoms with Gasteiger partial charge in [-0.2, -0.15) is 5.10 Å². The van der Waals surface area contributed by atoms with Crippen LogP contribution in [0.1, 0.15) is 30.3 Å². The van der Waals surface area contributed by atoms with Crippen molar-refractivity contribution in [1.29, 1.82) is 0 Å². The maximum absolute atomic E-state index is 10.9. The normalized spacial score (nSPS) is 10.6. The van der Waals surface area contributed by atoms with Crippen molar-refractivity contribution in [1.82, 2.24) is 14.8 Å². The van der Waals surface area contributed by atoms with E-state index in [1.54, 1.807) is 10.7 Å². The van der Waals surface area contributed by atoms with Gasteiger partial charge in [-0.15, -0.1) is 0 Å². The van der Waals surface area contributed by atoms with Gasteiger partial charge in [0.2, 0.25) is 0 Å². The zero-order chi connectivity index (χ0) is 12.3. The van der Waals surface area contributed by atoms with Crippen molar-refractivity contribution in [3.8, 4) is 11.3 Å². The molecule has 0 aliphatic rings. The molecule has 5 nitrogen and oxygen atoms in total. The van der Waals surface area contributed by atoms with E-state index in [1.807, 2.05) is 18.5 Å². The van der Waals surface area contributed by atoms with Crippen LogP contribution in [0.15, 0.2) is 24.5 Å².